The molecule has 32 heavy (non-hydrogen) atoms. The van der Waals surface area contributed by atoms with Crippen molar-refractivity contribution >= 4 is 19.4 Å². The van der Waals surface area contributed by atoms with Crippen molar-refractivity contribution in [3.8, 4) is 0 Å². The SMILES string of the molecule is O=P(O)(O)CCCNCc1ccc(SCCCCC2(c3ccccc3)CCCCC2)cn1. The van der Waals surface area contributed by atoms with E-state index in [1.165, 1.54) is 56.3 Å². The normalized spacial score (nSPS) is 16.2. The number of rotatable bonds is 13. The van der Waals surface area contributed by atoms with Crippen LogP contribution in [0.5, 0.6) is 0 Å². The zero-order chi connectivity index (χ0) is 22.7. The summed E-state index contributed by atoms with van der Waals surface area (Å²) in [5, 5.41) is 3.19. The Morgan fingerprint density at radius 2 is 1.78 bits per heavy atom. The molecule has 1 heterocycles. The number of nitrogens with zero attached hydrogens (tertiary/aromatic N) is 1. The molecule has 1 aromatic carbocycles. The lowest BCUT2D eigenvalue weighted by molar-refractivity contribution is 0.268. The zero-order valence-electron chi connectivity index (χ0n) is 18.9. The molecule has 0 atom stereocenters. The van der Waals surface area contributed by atoms with Crippen LogP contribution >= 0.6 is 19.4 Å². The van der Waals surface area contributed by atoms with E-state index in [2.05, 4.69) is 46.7 Å². The molecule has 0 aliphatic heterocycles. The Balaban J connectivity index is 1.35. The lowest BCUT2D eigenvalue weighted by atomic mass is 9.67. The molecule has 3 rings (SSSR count). The first-order chi connectivity index (χ1) is 15.5. The van der Waals surface area contributed by atoms with Crippen molar-refractivity contribution in [2.45, 2.75) is 74.6 Å². The number of thioether (sulfide) groups is 1. The number of nitrogens with one attached hydrogen (secondary N) is 1. The molecule has 0 radical (unpaired) electrons. The van der Waals surface area contributed by atoms with Crippen LogP contribution in [0.15, 0.2) is 53.6 Å². The van der Waals surface area contributed by atoms with E-state index in [1.807, 2.05) is 24.0 Å². The summed E-state index contributed by atoms with van der Waals surface area (Å²) < 4.78 is 10.8. The fourth-order valence-electron chi connectivity index (χ4n) is 4.69. The van der Waals surface area contributed by atoms with Gasteiger partial charge in [0.05, 0.1) is 11.9 Å². The largest absolute Gasteiger partial charge is 0.325 e. The minimum Gasteiger partial charge on any atom is -0.324 e. The number of unbranched alkanes of at least 4 members (excludes halogenated alkanes) is 1. The van der Waals surface area contributed by atoms with Gasteiger partial charge in [-0.3, -0.25) is 9.55 Å². The van der Waals surface area contributed by atoms with Crippen molar-refractivity contribution in [1.29, 1.82) is 0 Å². The molecule has 1 saturated carbocycles. The van der Waals surface area contributed by atoms with Crippen molar-refractivity contribution < 1.29 is 14.4 Å². The minimum atomic E-state index is -3.89. The molecule has 7 heteroatoms. The molecule has 1 aromatic heterocycles. The van der Waals surface area contributed by atoms with Crippen molar-refractivity contribution in [2.75, 3.05) is 18.5 Å². The molecular formula is C25H37N2O3PS. The van der Waals surface area contributed by atoms with Gasteiger partial charge in [0.2, 0.25) is 0 Å². The summed E-state index contributed by atoms with van der Waals surface area (Å²) in [5.41, 5.74) is 2.89. The van der Waals surface area contributed by atoms with E-state index in [0.717, 1.165) is 11.4 Å². The lowest BCUT2D eigenvalue weighted by Crippen LogP contribution is -2.29. The van der Waals surface area contributed by atoms with Crippen LogP contribution < -0.4 is 5.32 Å². The van der Waals surface area contributed by atoms with Crippen molar-refractivity contribution in [3.05, 3.63) is 59.9 Å². The van der Waals surface area contributed by atoms with Gasteiger partial charge in [0.25, 0.3) is 0 Å². The van der Waals surface area contributed by atoms with Crippen LogP contribution in [0.25, 0.3) is 0 Å². The minimum absolute atomic E-state index is 0.0739. The fourth-order valence-corrected chi connectivity index (χ4v) is 6.13. The van der Waals surface area contributed by atoms with E-state index in [9.17, 15) is 4.57 Å². The first kappa shape index (κ1) is 25.5. The number of pyridine rings is 1. The summed E-state index contributed by atoms with van der Waals surface area (Å²) in [7, 11) is -3.89. The molecule has 3 N–H and O–H groups in total. The van der Waals surface area contributed by atoms with Gasteiger partial charge >= 0.3 is 7.60 Å². The zero-order valence-corrected chi connectivity index (χ0v) is 20.6. The molecule has 0 spiro atoms. The third-order valence-electron chi connectivity index (χ3n) is 6.42. The molecule has 5 nitrogen and oxygen atoms in total. The number of benzene rings is 1. The Morgan fingerprint density at radius 1 is 1.00 bits per heavy atom. The second kappa shape index (κ2) is 12.9. The summed E-state index contributed by atoms with van der Waals surface area (Å²) in [5.74, 6) is 1.12. The van der Waals surface area contributed by atoms with Crippen LogP contribution in [0.2, 0.25) is 0 Å². The monoisotopic (exact) mass is 476 g/mol. The second-order valence-corrected chi connectivity index (χ2v) is 11.9. The van der Waals surface area contributed by atoms with Crippen LogP contribution in [0, 0.1) is 0 Å². The number of hydrogen-bond acceptors (Lipinski definition) is 4. The van der Waals surface area contributed by atoms with E-state index >= 15 is 0 Å². The number of hydrogen-bond donors (Lipinski definition) is 3. The third-order valence-corrected chi connectivity index (χ3v) is 8.39. The van der Waals surface area contributed by atoms with Crippen molar-refractivity contribution in [2.24, 2.45) is 0 Å². The molecule has 1 aliphatic carbocycles. The Bertz CT molecular complexity index is 836. The first-order valence-electron chi connectivity index (χ1n) is 11.9. The van der Waals surface area contributed by atoms with Crippen LogP contribution in [0.1, 0.15) is 69.0 Å². The summed E-state index contributed by atoms with van der Waals surface area (Å²) in [6.45, 7) is 1.20. The van der Waals surface area contributed by atoms with Gasteiger partial charge in [-0.2, -0.15) is 0 Å². The van der Waals surface area contributed by atoms with Gasteiger partial charge in [-0.1, -0.05) is 56.0 Å². The summed E-state index contributed by atoms with van der Waals surface area (Å²) >= 11 is 1.88. The van der Waals surface area contributed by atoms with Gasteiger partial charge in [-0.05, 0) is 67.5 Å². The predicted octanol–water partition coefficient (Wildman–Crippen LogP) is 5.90. The average Bonchev–Trinajstić information content (AvgIpc) is 2.80. The highest BCUT2D eigenvalue weighted by atomic mass is 32.2. The number of aromatic nitrogens is 1. The standard InChI is InChI=1S/C25H37N2O3PS/c28-31(29,30)18-9-17-26-20-23-12-13-24(21-27-23)32-19-8-7-16-25(14-5-2-6-15-25)22-10-3-1-4-11-22/h1,3-4,10-13,21,26H,2,5-9,14-20H2,(H2,28,29,30). The molecule has 176 valence electrons. The quantitative estimate of drug-likeness (QED) is 0.190. The molecule has 1 fully saturated rings. The summed E-state index contributed by atoms with van der Waals surface area (Å²) in [6.07, 6.45) is 12.9. The Labute approximate surface area is 197 Å². The van der Waals surface area contributed by atoms with Gasteiger partial charge in [-0.15, -0.1) is 11.8 Å². The van der Waals surface area contributed by atoms with Crippen LogP contribution in [-0.2, 0) is 16.5 Å². The molecule has 0 bridgehead atoms. The van der Waals surface area contributed by atoms with Gasteiger partial charge in [0.15, 0.2) is 0 Å². The average molecular weight is 477 g/mol. The molecule has 0 amide bonds. The van der Waals surface area contributed by atoms with E-state index in [0.29, 0.717) is 24.9 Å². The highest BCUT2D eigenvalue weighted by Crippen LogP contribution is 2.43. The lowest BCUT2D eigenvalue weighted by Gasteiger charge is -2.38. The van der Waals surface area contributed by atoms with Gasteiger partial charge in [0.1, 0.15) is 0 Å². The first-order valence-corrected chi connectivity index (χ1v) is 14.6. The molecule has 0 unspecified atom stereocenters. The molecule has 0 saturated heterocycles. The van der Waals surface area contributed by atoms with E-state index in [1.54, 1.807) is 5.56 Å². The van der Waals surface area contributed by atoms with E-state index < -0.39 is 7.60 Å². The maximum atomic E-state index is 10.8. The molecule has 2 aromatic rings. The van der Waals surface area contributed by atoms with Crippen molar-refractivity contribution in [3.63, 3.8) is 0 Å². The van der Waals surface area contributed by atoms with E-state index in [4.69, 9.17) is 9.79 Å². The van der Waals surface area contributed by atoms with Gasteiger partial charge in [0, 0.05) is 17.6 Å². The Kier molecular flexibility index (Phi) is 10.3. The Morgan fingerprint density at radius 3 is 2.47 bits per heavy atom. The van der Waals surface area contributed by atoms with Crippen molar-refractivity contribution in [1.82, 2.24) is 10.3 Å². The smallest absolute Gasteiger partial charge is 0.324 e. The third kappa shape index (κ3) is 8.64. The predicted molar refractivity (Wildman–Crippen MR) is 133 cm³/mol. The van der Waals surface area contributed by atoms with Gasteiger partial charge < -0.3 is 15.1 Å². The van der Waals surface area contributed by atoms with Crippen LogP contribution in [-0.4, -0.2) is 33.2 Å². The van der Waals surface area contributed by atoms with E-state index in [-0.39, 0.29) is 6.16 Å². The van der Waals surface area contributed by atoms with Crippen LogP contribution in [0.3, 0.4) is 0 Å². The van der Waals surface area contributed by atoms with Crippen LogP contribution in [0.4, 0.5) is 0 Å². The Hall–Kier alpha value is -1.17. The summed E-state index contributed by atoms with van der Waals surface area (Å²) in [6, 6.07) is 15.3. The highest BCUT2D eigenvalue weighted by molar-refractivity contribution is 7.99. The van der Waals surface area contributed by atoms with Gasteiger partial charge in [-0.25, -0.2) is 0 Å². The molecule has 1 aliphatic rings. The second-order valence-electron chi connectivity index (χ2n) is 8.92. The highest BCUT2D eigenvalue weighted by Gasteiger charge is 2.32. The molecular weight excluding hydrogens is 439 g/mol. The maximum absolute atomic E-state index is 10.8. The summed E-state index contributed by atoms with van der Waals surface area (Å²) in [4.78, 5) is 23.4. The topological polar surface area (TPSA) is 82.5 Å². The maximum Gasteiger partial charge on any atom is 0.325 e. The fraction of sp³-hybridized carbons (Fsp3) is 0.560.